The number of hydrogen-bond donors (Lipinski definition) is 0. The Morgan fingerprint density at radius 2 is 1.33 bits per heavy atom. The zero-order valence-electron chi connectivity index (χ0n) is 21.6. The number of ether oxygens (including phenoxy) is 2. The minimum absolute atomic E-state index is 0.0294. The van der Waals surface area contributed by atoms with Crippen LogP contribution in [-0.2, 0) is 13.9 Å². The highest BCUT2D eigenvalue weighted by Crippen LogP contribution is 2.39. The van der Waals surface area contributed by atoms with Gasteiger partial charge in [-0.05, 0) is 44.8 Å². The van der Waals surface area contributed by atoms with Crippen LogP contribution < -0.4 is 0 Å². The third kappa shape index (κ3) is 8.34. The first-order chi connectivity index (χ1) is 15.4. The molecule has 2 amide bonds. The highest BCUT2D eigenvalue weighted by Gasteiger charge is 2.41. The molecular formula is C25H44N2O5Si. The first-order valence-corrected chi connectivity index (χ1v) is 14.8. The van der Waals surface area contributed by atoms with Gasteiger partial charge in [0.1, 0.15) is 0 Å². The van der Waals surface area contributed by atoms with Crippen molar-refractivity contribution in [2.24, 2.45) is 0 Å². The average Bonchev–Trinajstić information content (AvgIpc) is 2.91. The van der Waals surface area contributed by atoms with Gasteiger partial charge >= 0.3 is 12.2 Å². The van der Waals surface area contributed by atoms with Gasteiger partial charge in [0.05, 0.1) is 25.3 Å². The molecule has 0 bridgehead atoms. The number of amides is 2. The lowest BCUT2D eigenvalue weighted by Gasteiger charge is -2.41. The Hall–Kier alpha value is -2.06. The second kappa shape index (κ2) is 13.0. The van der Waals surface area contributed by atoms with Crippen LogP contribution in [-0.4, -0.2) is 74.8 Å². The van der Waals surface area contributed by atoms with Crippen LogP contribution in [0.15, 0.2) is 37.5 Å². The first kappa shape index (κ1) is 29.0. The van der Waals surface area contributed by atoms with E-state index in [2.05, 4.69) is 47.0 Å². The fourth-order valence-corrected chi connectivity index (χ4v) is 4.96. The summed E-state index contributed by atoms with van der Waals surface area (Å²) in [7, 11) is -2.10. The molecule has 8 heteroatoms. The summed E-state index contributed by atoms with van der Waals surface area (Å²) in [6.07, 6.45) is 7.65. The molecule has 2 atom stereocenters. The normalized spacial score (nSPS) is 19.4. The molecular weight excluding hydrogens is 436 g/mol. The predicted molar refractivity (Wildman–Crippen MR) is 136 cm³/mol. The van der Waals surface area contributed by atoms with E-state index in [0.29, 0.717) is 39.1 Å². The van der Waals surface area contributed by atoms with Crippen molar-refractivity contribution in [3.05, 3.63) is 37.5 Å². The van der Waals surface area contributed by atoms with Crippen LogP contribution in [0.2, 0.25) is 18.1 Å². The Bertz CT molecular complexity index is 657. The Morgan fingerprint density at radius 1 is 0.939 bits per heavy atom. The van der Waals surface area contributed by atoms with Gasteiger partial charge < -0.3 is 13.9 Å². The minimum atomic E-state index is -2.10. The quantitative estimate of drug-likeness (QED) is 0.294. The molecule has 7 nitrogen and oxygen atoms in total. The van der Waals surface area contributed by atoms with Crippen molar-refractivity contribution in [2.45, 2.75) is 83.8 Å². The third-order valence-electron chi connectivity index (χ3n) is 6.29. The monoisotopic (exact) mass is 480 g/mol. The highest BCUT2D eigenvalue weighted by atomic mass is 28.4. The molecule has 0 aromatic heterocycles. The highest BCUT2D eigenvalue weighted by molar-refractivity contribution is 6.74. The van der Waals surface area contributed by atoms with Gasteiger partial charge in [-0.15, -0.1) is 13.2 Å². The van der Waals surface area contributed by atoms with Gasteiger partial charge in [0.2, 0.25) is 0 Å². The van der Waals surface area contributed by atoms with E-state index in [1.54, 1.807) is 35.8 Å². The van der Waals surface area contributed by atoms with E-state index in [1.807, 2.05) is 12.2 Å². The van der Waals surface area contributed by atoms with E-state index in [0.717, 1.165) is 0 Å². The number of carbonyl (C=O) groups excluding carboxylic acids is 2. The van der Waals surface area contributed by atoms with Crippen LogP contribution in [0.25, 0.3) is 0 Å². The lowest BCUT2D eigenvalue weighted by atomic mass is 10.1. The van der Waals surface area contributed by atoms with Crippen molar-refractivity contribution in [2.75, 3.05) is 26.3 Å². The number of hydrogen-bond acceptors (Lipinski definition) is 5. The maximum Gasteiger partial charge on any atom is 0.410 e. The summed E-state index contributed by atoms with van der Waals surface area (Å²) < 4.78 is 17.4. The first-order valence-electron chi connectivity index (χ1n) is 11.9. The van der Waals surface area contributed by atoms with Crippen molar-refractivity contribution >= 4 is 20.5 Å². The Morgan fingerprint density at radius 3 is 1.64 bits per heavy atom. The number of rotatable bonds is 10. The SMILES string of the molecule is C=CCN(C(=O)OCC)[C@@H]1C=C[C@@H](N(CC=C)C(=O)OCC)CC(O[Si](C)(C)C(C)(C)C)C1. The molecule has 0 aromatic rings. The van der Waals surface area contributed by atoms with Gasteiger partial charge in [-0.25, -0.2) is 9.59 Å². The summed E-state index contributed by atoms with van der Waals surface area (Å²) >= 11 is 0. The average molecular weight is 481 g/mol. The minimum Gasteiger partial charge on any atom is -0.450 e. The molecule has 1 aliphatic carbocycles. The van der Waals surface area contributed by atoms with Gasteiger partial charge in [0.15, 0.2) is 8.32 Å². The molecule has 0 heterocycles. The molecule has 0 saturated heterocycles. The lowest BCUT2D eigenvalue weighted by molar-refractivity contribution is 0.0749. The maximum atomic E-state index is 12.7. The lowest BCUT2D eigenvalue weighted by Crippen LogP contribution is -2.48. The van der Waals surface area contributed by atoms with Gasteiger partial charge in [-0.1, -0.05) is 45.1 Å². The van der Waals surface area contributed by atoms with Crippen molar-refractivity contribution < 1.29 is 23.5 Å². The third-order valence-corrected chi connectivity index (χ3v) is 10.8. The molecule has 188 valence electrons. The van der Waals surface area contributed by atoms with Crippen molar-refractivity contribution in [1.29, 1.82) is 0 Å². The summed E-state index contributed by atoms with van der Waals surface area (Å²) in [6.45, 7) is 23.5. The zero-order valence-corrected chi connectivity index (χ0v) is 22.6. The Balaban J connectivity index is 3.37. The van der Waals surface area contributed by atoms with Crippen molar-refractivity contribution in [3.8, 4) is 0 Å². The molecule has 33 heavy (non-hydrogen) atoms. The van der Waals surface area contributed by atoms with Gasteiger partial charge in [-0.3, -0.25) is 9.80 Å². The van der Waals surface area contributed by atoms with Crippen LogP contribution in [0, 0.1) is 0 Å². The van der Waals surface area contributed by atoms with Crippen LogP contribution >= 0.6 is 0 Å². The van der Waals surface area contributed by atoms with Crippen molar-refractivity contribution in [1.82, 2.24) is 9.80 Å². The van der Waals surface area contributed by atoms with Gasteiger partial charge in [-0.2, -0.15) is 0 Å². The number of carbonyl (C=O) groups is 2. The van der Waals surface area contributed by atoms with Crippen LogP contribution in [0.4, 0.5) is 9.59 Å². The standard InChI is InChI=1S/C25H44N2O5Si/c1-10-16-26(23(28)30-12-3)20-14-15-21(27(17-11-2)24(29)31-13-4)19-22(18-20)32-33(8,9)25(5,6)7/h10-11,14-15,20-22H,1-2,12-13,16-19H2,3-9H3/t20-,21-/m1/s1. The maximum absolute atomic E-state index is 12.7. The molecule has 0 fully saturated rings. The summed E-state index contributed by atoms with van der Waals surface area (Å²) in [6, 6.07) is -0.482. The molecule has 0 aliphatic heterocycles. The molecule has 0 radical (unpaired) electrons. The number of nitrogens with zero attached hydrogens (tertiary/aromatic N) is 2. The second-order valence-corrected chi connectivity index (χ2v) is 14.5. The van der Waals surface area contributed by atoms with E-state index >= 15 is 0 Å². The van der Waals surface area contributed by atoms with E-state index in [1.165, 1.54) is 0 Å². The molecule has 1 aliphatic rings. The summed E-state index contributed by atoms with van der Waals surface area (Å²) in [4.78, 5) is 28.7. The van der Waals surface area contributed by atoms with Crippen LogP contribution in [0.1, 0.15) is 47.5 Å². The second-order valence-electron chi connectivity index (χ2n) is 9.77. The van der Waals surface area contributed by atoms with E-state index in [4.69, 9.17) is 13.9 Å². The summed E-state index contributed by atoms with van der Waals surface area (Å²) in [5.74, 6) is 0. The topological polar surface area (TPSA) is 68.3 Å². The summed E-state index contributed by atoms with van der Waals surface area (Å²) in [5.41, 5.74) is 0. The van der Waals surface area contributed by atoms with E-state index < -0.39 is 8.32 Å². The largest absolute Gasteiger partial charge is 0.450 e. The Kier molecular flexibility index (Phi) is 11.4. The molecule has 0 saturated carbocycles. The molecule has 0 N–H and O–H groups in total. The van der Waals surface area contributed by atoms with Crippen molar-refractivity contribution in [3.63, 3.8) is 0 Å². The molecule has 1 rings (SSSR count). The summed E-state index contributed by atoms with van der Waals surface area (Å²) in [5, 5.41) is 0.0294. The predicted octanol–water partition coefficient (Wildman–Crippen LogP) is 5.75. The molecule has 0 aromatic carbocycles. The van der Waals surface area contributed by atoms with Crippen LogP contribution in [0.5, 0.6) is 0 Å². The van der Waals surface area contributed by atoms with E-state index in [9.17, 15) is 9.59 Å². The van der Waals surface area contributed by atoms with Crippen LogP contribution in [0.3, 0.4) is 0 Å². The fourth-order valence-electron chi connectivity index (χ4n) is 3.58. The fraction of sp³-hybridized carbons (Fsp3) is 0.680. The molecule has 0 spiro atoms. The molecule has 0 unspecified atom stereocenters. The zero-order chi connectivity index (χ0) is 25.2. The smallest absolute Gasteiger partial charge is 0.410 e. The van der Waals surface area contributed by atoms with E-state index in [-0.39, 0.29) is 35.4 Å². The van der Waals surface area contributed by atoms with Gasteiger partial charge in [0, 0.05) is 19.2 Å². The van der Waals surface area contributed by atoms with Gasteiger partial charge in [0.25, 0.3) is 0 Å². The Labute approximate surface area is 201 Å².